The molecule has 2 N–H and O–H groups in total. The maximum absolute atomic E-state index is 12.3. The van der Waals surface area contributed by atoms with Crippen molar-refractivity contribution in [3.05, 3.63) is 54.6 Å². The van der Waals surface area contributed by atoms with E-state index in [9.17, 15) is 13.2 Å². The van der Waals surface area contributed by atoms with Crippen LogP contribution in [0.2, 0.25) is 0 Å². The molecule has 0 unspecified atom stereocenters. The van der Waals surface area contributed by atoms with Gasteiger partial charge in [-0.1, -0.05) is 18.2 Å². The third-order valence-corrected chi connectivity index (χ3v) is 4.56. The van der Waals surface area contributed by atoms with E-state index in [-0.39, 0.29) is 17.4 Å². The summed E-state index contributed by atoms with van der Waals surface area (Å²) in [5, 5.41) is 2.62. The predicted molar refractivity (Wildman–Crippen MR) is 94.1 cm³/mol. The molecule has 0 saturated heterocycles. The third kappa shape index (κ3) is 6.09. The number of benzene rings is 2. The first-order chi connectivity index (χ1) is 12.0. The molecule has 0 spiro atoms. The lowest BCUT2D eigenvalue weighted by molar-refractivity contribution is -0.123. The zero-order valence-corrected chi connectivity index (χ0v) is 14.6. The Labute approximate surface area is 147 Å². The van der Waals surface area contributed by atoms with E-state index in [0.717, 1.165) is 0 Å². The standard InChI is InChI=1S/C17H20N2O5S/c1-23-12-11-18-17(20)13-24-15-7-9-16(10-8-15)25(21,22)19-14-5-3-2-4-6-14/h2-10,19H,11-13H2,1H3,(H,18,20). The molecule has 0 aliphatic carbocycles. The van der Waals surface area contributed by atoms with Crippen LogP contribution in [-0.4, -0.2) is 41.2 Å². The lowest BCUT2D eigenvalue weighted by atomic mass is 10.3. The van der Waals surface area contributed by atoms with Crippen molar-refractivity contribution in [3.63, 3.8) is 0 Å². The highest BCUT2D eigenvalue weighted by Crippen LogP contribution is 2.19. The van der Waals surface area contributed by atoms with Crippen molar-refractivity contribution in [2.75, 3.05) is 31.6 Å². The molecule has 2 aromatic rings. The zero-order chi connectivity index (χ0) is 18.1. The number of para-hydroxylation sites is 1. The molecule has 25 heavy (non-hydrogen) atoms. The first-order valence-corrected chi connectivity index (χ1v) is 9.06. The van der Waals surface area contributed by atoms with Gasteiger partial charge in [-0.3, -0.25) is 9.52 Å². The number of nitrogens with one attached hydrogen (secondary N) is 2. The number of carbonyl (C=O) groups is 1. The predicted octanol–water partition coefficient (Wildman–Crippen LogP) is 1.63. The number of carbonyl (C=O) groups excluding carboxylic acids is 1. The molecule has 0 aliphatic rings. The molecule has 134 valence electrons. The van der Waals surface area contributed by atoms with Crippen LogP contribution in [-0.2, 0) is 19.6 Å². The Morgan fingerprint density at radius 2 is 1.72 bits per heavy atom. The van der Waals surface area contributed by atoms with E-state index in [1.54, 1.807) is 37.4 Å². The van der Waals surface area contributed by atoms with E-state index < -0.39 is 10.0 Å². The molecule has 0 heterocycles. The van der Waals surface area contributed by atoms with Gasteiger partial charge in [-0.2, -0.15) is 0 Å². The molecule has 0 aromatic heterocycles. The Kier molecular flexibility index (Phi) is 6.79. The van der Waals surface area contributed by atoms with E-state index in [4.69, 9.17) is 9.47 Å². The van der Waals surface area contributed by atoms with Gasteiger partial charge in [0.2, 0.25) is 0 Å². The number of hydrogen-bond donors (Lipinski definition) is 2. The molecule has 1 amide bonds. The van der Waals surface area contributed by atoms with Gasteiger partial charge in [0, 0.05) is 19.3 Å². The number of sulfonamides is 1. The second kappa shape index (κ2) is 9.05. The highest BCUT2D eigenvalue weighted by molar-refractivity contribution is 7.92. The monoisotopic (exact) mass is 364 g/mol. The zero-order valence-electron chi connectivity index (χ0n) is 13.8. The van der Waals surface area contributed by atoms with Crippen molar-refractivity contribution in [1.29, 1.82) is 0 Å². The summed E-state index contributed by atoms with van der Waals surface area (Å²) >= 11 is 0. The number of ether oxygens (including phenoxy) is 2. The first kappa shape index (κ1) is 18.8. The molecule has 0 saturated carbocycles. The van der Waals surface area contributed by atoms with Gasteiger partial charge >= 0.3 is 0 Å². The number of methoxy groups -OCH3 is 1. The molecule has 8 heteroatoms. The molecule has 0 bridgehead atoms. The smallest absolute Gasteiger partial charge is 0.261 e. The summed E-state index contributed by atoms with van der Waals surface area (Å²) in [4.78, 5) is 11.6. The second-order valence-corrected chi connectivity index (χ2v) is 6.76. The molecule has 7 nitrogen and oxygen atoms in total. The Hall–Kier alpha value is -2.58. The largest absolute Gasteiger partial charge is 0.484 e. The van der Waals surface area contributed by atoms with Crippen molar-refractivity contribution < 1.29 is 22.7 Å². The molecule has 0 radical (unpaired) electrons. The van der Waals surface area contributed by atoms with E-state index in [1.807, 2.05) is 0 Å². The van der Waals surface area contributed by atoms with Gasteiger partial charge in [0.1, 0.15) is 5.75 Å². The highest BCUT2D eigenvalue weighted by Gasteiger charge is 2.14. The molecular formula is C17H20N2O5S. The lowest BCUT2D eigenvalue weighted by Crippen LogP contribution is -2.31. The van der Waals surface area contributed by atoms with E-state index in [1.165, 1.54) is 24.3 Å². The molecule has 2 rings (SSSR count). The topological polar surface area (TPSA) is 93.7 Å². The summed E-state index contributed by atoms with van der Waals surface area (Å²) in [6.45, 7) is 0.672. The van der Waals surface area contributed by atoms with Gasteiger partial charge < -0.3 is 14.8 Å². The maximum Gasteiger partial charge on any atom is 0.261 e. The molecule has 0 fully saturated rings. The van der Waals surface area contributed by atoms with Crippen LogP contribution in [0.5, 0.6) is 5.75 Å². The van der Waals surface area contributed by atoms with Crippen molar-refractivity contribution in [1.82, 2.24) is 5.32 Å². The molecule has 0 aliphatic heterocycles. The minimum Gasteiger partial charge on any atom is -0.484 e. The van der Waals surface area contributed by atoms with Crippen LogP contribution in [0.1, 0.15) is 0 Å². The molecule has 2 aromatic carbocycles. The van der Waals surface area contributed by atoms with Crippen LogP contribution in [0.25, 0.3) is 0 Å². The lowest BCUT2D eigenvalue weighted by Gasteiger charge is -2.10. The summed E-state index contributed by atoms with van der Waals surface area (Å²) < 4.78 is 37.2. The average molecular weight is 364 g/mol. The SMILES string of the molecule is COCCNC(=O)COc1ccc(S(=O)(=O)Nc2ccccc2)cc1. The van der Waals surface area contributed by atoms with Crippen LogP contribution in [0, 0.1) is 0 Å². The number of rotatable bonds is 9. The summed E-state index contributed by atoms with van der Waals surface area (Å²) in [6.07, 6.45) is 0. The van der Waals surface area contributed by atoms with Gasteiger partial charge in [0.25, 0.3) is 15.9 Å². The summed E-state index contributed by atoms with van der Waals surface area (Å²) in [6, 6.07) is 14.5. The van der Waals surface area contributed by atoms with Gasteiger partial charge in [-0.15, -0.1) is 0 Å². The van der Waals surface area contributed by atoms with Crippen LogP contribution >= 0.6 is 0 Å². The van der Waals surface area contributed by atoms with Gasteiger partial charge in [0.05, 0.1) is 11.5 Å². The minimum absolute atomic E-state index is 0.105. The first-order valence-electron chi connectivity index (χ1n) is 7.57. The summed E-state index contributed by atoms with van der Waals surface area (Å²) in [5.41, 5.74) is 0.482. The van der Waals surface area contributed by atoms with Crippen LogP contribution in [0.3, 0.4) is 0 Å². The Morgan fingerprint density at radius 3 is 2.36 bits per heavy atom. The fourth-order valence-corrected chi connectivity index (χ4v) is 2.99. The van der Waals surface area contributed by atoms with E-state index >= 15 is 0 Å². The number of amides is 1. The van der Waals surface area contributed by atoms with Crippen LogP contribution in [0.4, 0.5) is 5.69 Å². The normalized spacial score (nSPS) is 10.9. The Morgan fingerprint density at radius 1 is 1.04 bits per heavy atom. The average Bonchev–Trinajstić information content (AvgIpc) is 2.61. The van der Waals surface area contributed by atoms with Crippen molar-refractivity contribution in [3.8, 4) is 5.75 Å². The van der Waals surface area contributed by atoms with E-state index in [0.29, 0.717) is 24.6 Å². The van der Waals surface area contributed by atoms with Gasteiger partial charge in [-0.25, -0.2) is 8.42 Å². The minimum atomic E-state index is -3.68. The van der Waals surface area contributed by atoms with Crippen molar-refractivity contribution in [2.24, 2.45) is 0 Å². The third-order valence-electron chi connectivity index (χ3n) is 3.16. The second-order valence-electron chi connectivity index (χ2n) is 5.07. The van der Waals surface area contributed by atoms with Crippen molar-refractivity contribution >= 4 is 21.6 Å². The maximum atomic E-state index is 12.3. The fourth-order valence-electron chi connectivity index (χ4n) is 1.93. The van der Waals surface area contributed by atoms with Crippen LogP contribution < -0.4 is 14.8 Å². The number of hydrogen-bond acceptors (Lipinski definition) is 5. The quantitative estimate of drug-likeness (QED) is 0.660. The Bertz CT molecular complexity index is 776. The summed E-state index contributed by atoms with van der Waals surface area (Å²) in [7, 11) is -2.13. The van der Waals surface area contributed by atoms with Gasteiger partial charge in [0.15, 0.2) is 6.61 Å². The molecule has 0 atom stereocenters. The Balaban J connectivity index is 1.91. The fraction of sp³-hybridized carbons (Fsp3) is 0.235. The van der Waals surface area contributed by atoms with Crippen molar-refractivity contribution in [2.45, 2.75) is 4.90 Å². The van der Waals surface area contributed by atoms with Crippen LogP contribution in [0.15, 0.2) is 59.5 Å². The number of anilines is 1. The summed E-state index contributed by atoms with van der Waals surface area (Å²) in [5.74, 6) is 0.125. The van der Waals surface area contributed by atoms with E-state index in [2.05, 4.69) is 10.0 Å². The van der Waals surface area contributed by atoms with Gasteiger partial charge in [-0.05, 0) is 36.4 Å². The highest BCUT2D eigenvalue weighted by atomic mass is 32.2. The molecular weight excluding hydrogens is 344 g/mol.